The molecule has 1 heterocycles. The van der Waals surface area contributed by atoms with Gasteiger partial charge in [-0.15, -0.1) is 0 Å². The van der Waals surface area contributed by atoms with E-state index in [4.69, 9.17) is 4.74 Å². The summed E-state index contributed by atoms with van der Waals surface area (Å²) in [6, 6.07) is 2.32. The second kappa shape index (κ2) is 4.57. The van der Waals surface area contributed by atoms with E-state index in [0.717, 1.165) is 32.0 Å². The molecule has 17 heavy (non-hydrogen) atoms. The van der Waals surface area contributed by atoms with Crippen LogP contribution < -0.4 is 9.64 Å². The molecule has 2 rings (SSSR count). The minimum Gasteiger partial charge on any atom is -0.493 e. The average Bonchev–Trinajstić information content (AvgIpc) is 2.81. The van der Waals surface area contributed by atoms with Crippen molar-refractivity contribution < 1.29 is 14.1 Å². The van der Waals surface area contributed by atoms with Gasteiger partial charge in [0.1, 0.15) is 5.69 Å². The van der Waals surface area contributed by atoms with Crippen LogP contribution in [0.25, 0.3) is 0 Å². The number of nitro benzene ring substituents is 1. The Hall–Kier alpha value is -1.85. The van der Waals surface area contributed by atoms with Gasteiger partial charge in [-0.2, -0.15) is 0 Å². The number of ether oxygens (including phenoxy) is 1. The van der Waals surface area contributed by atoms with Gasteiger partial charge in [-0.1, -0.05) is 0 Å². The predicted octanol–water partition coefficient (Wildman–Crippen LogP) is 2.34. The molecule has 0 spiro atoms. The molecular weight excluding hydrogens is 227 g/mol. The molecule has 92 valence electrons. The smallest absolute Gasteiger partial charge is 0.296 e. The molecule has 5 nitrogen and oxygen atoms in total. The van der Waals surface area contributed by atoms with E-state index in [-0.39, 0.29) is 11.4 Å². The summed E-state index contributed by atoms with van der Waals surface area (Å²) in [7, 11) is 1.29. The second-order valence-electron chi connectivity index (χ2n) is 3.93. The Morgan fingerprint density at radius 1 is 1.41 bits per heavy atom. The largest absolute Gasteiger partial charge is 0.493 e. The van der Waals surface area contributed by atoms with Crippen LogP contribution in [0, 0.1) is 15.9 Å². The monoisotopic (exact) mass is 240 g/mol. The molecule has 1 saturated heterocycles. The highest BCUT2D eigenvalue weighted by Crippen LogP contribution is 2.35. The lowest BCUT2D eigenvalue weighted by Gasteiger charge is -2.18. The molecule has 0 amide bonds. The van der Waals surface area contributed by atoms with Crippen molar-refractivity contribution in [1.82, 2.24) is 0 Å². The van der Waals surface area contributed by atoms with Crippen molar-refractivity contribution in [2.75, 3.05) is 25.1 Å². The molecule has 0 saturated carbocycles. The fourth-order valence-corrected chi connectivity index (χ4v) is 2.05. The lowest BCUT2D eigenvalue weighted by Crippen LogP contribution is -2.19. The summed E-state index contributed by atoms with van der Waals surface area (Å²) in [5, 5.41) is 11.0. The van der Waals surface area contributed by atoms with Gasteiger partial charge in [-0.25, -0.2) is 4.39 Å². The van der Waals surface area contributed by atoms with Crippen molar-refractivity contribution in [3.05, 3.63) is 28.1 Å². The van der Waals surface area contributed by atoms with Crippen molar-refractivity contribution in [3.8, 4) is 5.75 Å². The van der Waals surface area contributed by atoms with Crippen molar-refractivity contribution in [1.29, 1.82) is 0 Å². The fourth-order valence-electron chi connectivity index (χ4n) is 2.05. The molecule has 0 radical (unpaired) electrons. The first-order valence-electron chi connectivity index (χ1n) is 5.40. The minimum absolute atomic E-state index is 0.0975. The number of rotatable bonds is 3. The van der Waals surface area contributed by atoms with Gasteiger partial charge in [-0.05, 0) is 12.8 Å². The van der Waals surface area contributed by atoms with Crippen LogP contribution in [0.15, 0.2) is 12.1 Å². The third-order valence-electron chi connectivity index (χ3n) is 2.89. The molecule has 1 aliphatic heterocycles. The van der Waals surface area contributed by atoms with E-state index in [1.54, 1.807) is 0 Å². The lowest BCUT2D eigenvalue weighted by molar-refractivity contribution is -0.384. The molecule has 1 fully saturated rings. The first-order valence-corrected chi connectivity index (χ1v) is 5.40. The van der Waals surface area contributed by atoms with Gasteiger partial charge in [-0.3, -0.25) is 10.1 Å². The minimum atomic E-state index is -0.569. The first kappa shape index (κ1) is 11.6. The topological polar surface area (TPSA) is 55.6 Å². The first-order chi connectivity index (χ1) is 8.13. The zero-order valence-electron chi connectivity index (χ0n) is 9.48. The van der Waals surface area contributed by atoms with Crippen molar-refractivity contribution in [2.45, 2.75) is 12.8 Å². The Morgan fingerprint density at radius 2 is 2.06 bits per heavy atom. The number of benzene rings is 1. The lowest BCUT2D eigenvalue weighted by atomic mass is 10.2. The predicted molar refractivity (Wildman–Crippen MR) is 61.1 cm³/mol. The van der Waals surface area contributed by atoms with Crippen LogP contribution in [0.5, 0.6) is 5.75 Å². The van der Waals surface area contributed by atoms with E-state index in [0.29, 0.717) is 5.69 Å². The Balaban J connectivity index is 2.48. The summed E-state index contributed by atoms with van der Waals surface area (Å²) in [5.74, 6) is -0.667. The van der Waals surface area contributed by atoms with Crippen LogP contribution in [0.4, 0.5) is 15.8 Å². The average molecular weight is 240 g/mol. The summed E-state index contributed by atoms with van der Waals surface area (Å²) in [4.78, 5) is 12.3. The molecule has 1 aromatic carbocycles. The molecule has 1 aliphatic rings. The Morgan fingerprint density at radius 3 is 2.59 bits per heavy atom. The van der Waals surface area contributed by atoms with E-state index >= 15 is 0 Å². The molecule has 0 atom stereocenters. The van der Waals surface area contributed by atoms with Gasteiger partial charge in [0.05, 0.1) is 18.1 Å². The van der Waals surface area contributed by atoms with Gasteiger partial charge in [0, 0.05) is 19.2 Å². The second-order valence-corrected chi connectivity index (χ2v) is 3.93. The van der Waals surface area contributed by atoms with Crippen molar-refractivity contribution >= 4 is 11.4 Å². The number of hydrogen-bond donors (Lipinski definition) is 0. The van der Waals surface area contributed by atoms with Crippen molar-refractivity contribution in [2.24, 2.45) is 0 Å². The Bertz CT molecular complexity index is 445. The quantitative estimate of drug-likeness (QED) is 0.601. The SMILES string of the molecule is COc1cc([N+](=O)[O-])c(N2CCCC2)cc1F. The summed E-state index contributed by atoms with van der Waals surface area (Å²) < 4.78 is 18.3. The molecule has 0 N–H and O–H groups in total. The molecule has 0 bridgehead atoms. The molecule has 0 unspecified atom stereocenters. The third kappa shape index (κ3) is 2.15. The van der Waals surface area contributed by atoms with E-state index in [1.165, 1.54) is 13.2 Å². The maximum Gasteiger partial charge on any atom is 0.296 e. The standard InChI is InChI=1S/C11H13FN2O3/c1-17-11-7-10(14(15)16)9(6-8(11)12)13-4-2-3-5-13/h6-7H,2-5H2,1H3. The number of nitro groups is 1. The van der Waals surface area contributed by atoms with E-state index in [1.807, 2.05) is 4.90 Å². The zero-order chi connectivity index (χ0) is 12.4. The highest BCUT2D eigenvalue weighted by Gasteiger charge is 2.25. The van der Waals surface area contributed by atoms with Gasteiger partial charge in [0.15, 0.2) is 11.6 Å². The normalized spacial score (nSPS) is 15.1. The Labute approximate surface area is 97.9 Å². The van der Waals surface area contributed by atoms with Crippen LogP contribution in [-0.4, -0.2) is 25.1 Å². The number of halogens is 1. The molecular formula is C11H13FN2O3. The highest BCUT2D eigenvalue weighted by atomic mass is 19.1. The van der Waals surface area contributed by atoms with Gasteiger partial charge < -0.3 is 9.64 Å². The van der Waals surface area contributed by atoms with Crippen LogP contribution >= 0.6 is 0 Å². The van der Waals surface area contributed by atoms with Crippen LogP contribution in [0.2, 0.25) is 0 Å². The summed E-state index contributed by atoms with van der Waals surface area (Å²) in [6.07, 6.45) is 1.95. The van der Waals surface area contributed by atoms with E-state index < -0.39 is 10.7 Å². The van der Waals surface area contributed by atoms with Gasteiger partial charge >= 0.3 is 0 Å². The van der Waals surface area contributed by atoms with Crippen LogP contribution in [0.1, 0.15) is 12.8 Å². The zero-order valence-corrected chi connectivity index (χ0v) is 9.48. The van der Waals surface area contributed by atoms with E-state index in [2.05, 4.69) is 0 Å². The highest BCUT2D eigenvalue weighted by molar-refractivity contribution is 5.66. The van der Waals surface area contributed by atoms with Crippen LogP contribution in [0.3, 0.4) is 0 Å². The number of nitrogens with zero attached hydrogens (tertiary/aromatic N) is 2. The van der Waals surface area contributed by atoms with Gasteiger partial charge in [0.2, 0.25) is 0 Å². The third-order valence-corrected chi connectivity index (χ3v) is 2.89. The summed E-state index contributed by atoms with van der Waals surface area (Å²) in [5.41, 5.74) is 0.232. The molecule has 6 heteroatoms. The number of hydrogen-bond acceptors (Lipinski definition) is 4. The maximum absolute atomic E-state index is 13.6. The number of anilines is 1. The molecule has 0 aromatic heterocycles. The number of methoxy groups -OCH3 is 1. The molecule has 0 aliphatic carbocycles. The molecule has 1 aromatic rings. The maximum atomic E-state index is 13.6. The van der Waals surface area contributed by atoms with E-state index in [9.17, 15) is 14.5 Å². The van der Waals surface area contributed by atoms with Gasteiger partial charge in [0.25, 0.3) is 5.69 Å². The summed E-state index contributed by atoms with van der Waals surface area (Å²) in [6.45, 7) is 1.46. The Kier molecular flexibility index (Phi) is 3.12. The van der Waals surface area contributed by atoms with Crippen molar-refractivity contribution in [3.63, 3.8) is 0 Å². The van der Waals surface area contributed by atoms with Crippen LogP contribution in [-0.2, 0) is 0 Å². The fraction of sp³-hybridized carbons (Fsp3) is 0.455. The summed E-state index contributed by atoms with van der Waals surface area (Å²) >= 11 is 0.